The number of hydrogen-bond acceptors (Lipinski definition) is 4. The lowest BCUT2D eigenvalue weighted by molar-refractivity contribution is -0.136. The van der Waals surface area contributed by atoms with Crippen LogP contribution < -0.4 is 10.6 Å². The number of carboxylic acids is 1. The summed E-state index contributed by atoms with van der Waals surface area (Å²) in [6, 6.07) is 6.32. The molecule has 2 amide bonds. The van der Waals surface area contributed by atoms with E-state index in [0.29, 0.717) is 23.4 Å². The third-order valence-electron chi connectivity index (χ3n) is 3.25. The molecule has 0 radical (unpaired) electrons. The van der Waals surface area contributed by atoms with Crippen LogP contribution in [0.1, 0.15) is 34.1 Å². The molecule has 3 N–H and O–H groups in total. The highest BCUT2D eigenvalue weighted by molar-refractivity contribution is 6.04. The van der Waals surface area contributed by atoms with Crippen molar-refractivity contribution in [1.29, 1.82) is 0 Å². The Labute approximate surface area is 138 Å². The van der Waals surface area contributed by atoms with Gasteiger partial charge in [-0.2, -0.15) is 5.10 Å². The minimum absolute atomic E-state index is 0.0636. The van der Waals surface area contributed by atoms with Gasteiger partial charge in [0.1, 0.15) is 0 Å². The summed E-state index contributed by atoms with van der Waals surface area (Å²) in [4.78, 5) is 34.3. The molecule has 1 heterocycles. The van der Waals surface area contributed by atoms with Crippen molar-refractivity contribution in [2.24, 2.45) is 0 Å². The minimum Gasteiger partial charge on any atom is -0.481 e. The topological polar surface area (TPSA) is 113 Å². The molecule has 0 aliphatic carbocycles. The first-order valence-electron chi connectivity index (χ1n) is 7.43. The lowest BCUT2D eigenvalue weighted by Gasteiger charge is -2.06. The van der Waals surface area contributed by atoms with E-state index in [4.69, 9.17) is 5.11 Å². The number of aliphatic carboxylic acids is 1. The van der Waals surface area contributed by atoms with E-state index in [0.717, 1.165) is 0 Å². The van der Waals surface area contributed by atoms with E-state index < -0.39 is 5.97 Å². The number of hydrogen-bond donors (Lipinski definition) is 3. The van der Waals surface area contributed by atoms with Gasteiger partial charge in [0.05, 0.1) is 18.2 Å². The molecule has 0 unspecified atom stereocenters. The second kappa shape index (κ2) is 7.91. The number of amides is 2. The van der Waals surface area contributed by atoms with Crippen molar-refractivity contribution >= 4 is 23.5 Å². The zero-order chi connectivity index (χ0) is 17.5. The van der Waals surface area contributed by atoms with Gasteiger partial charge in [0.2, 0.25) is 0 Å². The fourth-order valence-electron chi connectivity index (χ4n) is 1.95. The molecule has 0 spiro atoms. The van der Waals surface area contributed by atoms with Gasteiger partial charge >= 0.3 is 5.97 Å². The van der Waals surface area contributed by atoms with Crippen molar-refractivity contribution in [3.63, 3.8) is 0 Å². The number of carboxylic acid groups (broad SMARTS) is 1. The van der Waals surface area contributed by atoms with E-state index in [1.807, 2.05) is 6.92 Å². The number of carbonyl (C=O) groups excluding carboxylic acids is 2. The number of rotatable bonds is 7. The molecule has 0 aliphatic rings. The fraction of sp³-hybridized carbons (Fsp3) is 0.250. The summed E-state index contributed by atoms with van der Waals surface area (Å²) in [7, 11) is 0. The maximum absolute atomic E-state index is 12.1. The Morgan fingerprint density at radius 2 is 1.83 bits per heavy atom. The third-order valence-corrected chi connectivity index (χ3v) is 3.25. The summed E-state index contributed by atoms with van der Waals surface area (Å²) in [5.74, 6) is -1.62. The van der Waals surface area contributed by atoms with E-state index in [1.54, 1.807) is 35.1 Å². The Balaban J connectivity index is 1.92. The van der Waals surface area contributed by atoms with Gasteiger partial charge in [0.25, 0.3) is 11.8 Å². The van der Waals surface area contributed by atoms with Crippen LogP contribution in [0.4, 0.5) is 5.69 Å². The monoisotopic (exact) mass is 330 g/mol. The largest absolute Gasteiger partial charge is 0.481 e. The number of aryl methyl sites for hydroxylation is 1. The molecular formula is C16H18N4O4. The number of carbonyl (C=O) groups is 3. The summed E-state index contributed by atoms with van der Waals surface area (Å²) in [6.07, 6.45) is 3.01. The predicted molar refractivity (Wildman–Crippen MR) is 86.9 cm³/mol. The van der Waals surface area contributed by atoms with Crippen molar-refractivity contribution in [1.82, 2.24) is 15.1 Å². The number of aromatic nitrogens is 2. The van der Waals surface area contributed by atoms with Crippen LogP contribution in [0.3, 0.4) is 0 Å². The molecule has 1 aromatic heterocycles. The van der Waals surface area contributed by atoms with Gasteiger partial charge in [0.15, 0.2) is 0 Å². The molecule has 2 rings (SSSR count). The maximum Gasteiger partial charge on any atom is 0.305 e. The average Bonchev–Trinajstić information content (AvgIpc) is 3.04. The van der Waals surface area contributed by atoms with Gasteiger partial charge in [0, 0.05) is 30.5 Å². The highest BCUT2D eigenvalue weighted by Crippen LogP contribution is 2.11. The van der Waals surface area contributed by atoms with Crippen molar-refractivity contribution in [3.8, 4) is 0 Å². The van der Waals surface area contributed by atoms with Crippen LogP contribution in [-0.2, 0) is 11.3 Å². The SMILES string of the molecule is CCn1cc(C(=O)Nc2ccc(C(=O)NCCC(=O)O)cc2)cn1. The number of nitrogens with zero attached hydrogens (tertiary/aromatic N) is 2. The Bertz CT molecular complexity index is 737. The van der Waals surface area contributed by atoms with Gasteiger partial charge < -0.3 is 15.7 Å². The Morgan fingerprint density at radius 1 is 1.12 bits per heavy atom. The molecule has 0 aliphatic heterocycles. The molecule has 2 aromatic rings. The summed E-state index contributed by atoms with van der Waals surface area (Å²) in [5, 5.41) is 17.8. The number of benzene rings is 1. The zero-order valence-corrected chi connectivity index (χ0v) is 13.2. The molecule has 0 bridgehead atoms. The van der Waals surface area contributed by atoms with Crippen molar-refractivity contribution < 1.29 is 19.5 Å². The fourth-order valence-corrected chi connectivity index (χ4v) is 1.95. The van der Waals surface area contributed by atoms with E-state index in [1.165, 1.54) is 6.20 Å². The number of nitrogens with one attached hydrogen (secondary N) is 2. The highest BCUT2D eigenvalue weighted by atomic mass is 16.4. The smallest absolute Gasteiger partial charge is 0.305 e. The molecule has 0 atom stereocenters. The Hall–Kier alpha value is -3.16. The van der Waals surface area contributed by atoms with E-state index in [-0.39, 0.29) is 24.8 Å². The van der Waals surface area contributed by atoms with E-state index >= 15 is 0 Å². The van der Waals surface area contributed by atoms with Crippen LogP contribution in [0.25, 0.3) is 0 Å². The van der Waals surface area contributed by atoms with E-state index in [2.05, 4.69) is 15.7 Å². The molecule has 126 valence electrons. The molecule has 24 heavy (non-hydrogen) atoms. The van der Waals surface area contributed by atoms with Crippen LogP contribution in [0.2, 0.25) is 0 Å². The minimum atomic E-state index is -0.972. The second-order valence-electron chi connectivity index (χ2n) is 5.02. The molecule has 0 saturated heterocycles. The first kappa shape index (κ1) is 17.2. The molecular weight excluding hydrogens is 312 g/mol. The standard InChI is InChI=1S/C16H18N4O4/c1-2-20-10-12(9-18-20)16(24)19-13-5-3-11(4-6-13)15(23)17-8-7-14(21)22/h3-6,9-10H,2,7-8H2,1H3,(H,17,23)(H,19,24)(H,21,22). The Morgan fingerprint density at radius 3 is 2.42 bits per heavy atom. The van der Waals surface area contributed by atoms with Gasteiger partial charge in [-0.3, -0.25) is 19.1 Å². The maximum atomic E-state index is 12.1. The first-order chi connectivity index (χ1) is 11.5. The molecule has 1 aromatic carbocycles. The zero-order valence-electron chi connectivity index (χ0n) is 13.2. The lowest BCUT2D eigenvalue weighted by atomic mass is 10.2. The summed E-state index contributed by atoms with van der Waals surface area (Å²) < 4.78 is 1.65. The van der Waals surface area contributed by atoms with Crippen LogP contribution in [-0.4, -0.2) is 39.2 Å². The van der Waals surface area contributed by atoms with Crippen LogP contribution in [0.15, 0.2) is 36.7 Å². The van der Waals surface area contributed by atoms with Crippen molar-refractivity contribution in [3.05, 3.63) is 47.8 Å². The summed E-state index contributed by atoms with van der Waals surface area (Å²) in [5.41, 5.74) is 1.39. The van der Waals surface area contributed by atoms with Crippen molar-refractivity contribution in [2.45, 2.75) is 19.9 Å². The van der Waals surface area contributed by atoms with E-state index in [9.17, 15) is 14.4 Å². The van der Waals surface area contributed by atoms with Gasteiger partial charge in [-0.05, 0) is 31.2 Å². The third kappa shape index (κ3) is 4.67. The van der Waals surface area contributed by atoms with Crippen LogP contribution >= 0.6 is 0 Å². The van der Waals surface area contributed by atoms with Crippen LogP contribution in [0, 0.1) is 0 Å². The summed E-state index contributed by atoms with van der Waals surface area (Å²) in [6.45, 7) is 2.67. The van der Waals surface area contributed by atoms with Crippen molar-refractivity contribution in [2.75, 3.05) is 11.9 Å². The summed E-state index contributed by atoms with van der Waals surface area (Å²) >= 11 is 0. The van der Waals surface area contributed by atoms with Gasteiger partial charge in [-0.15, -0.1) is 0 Å². The number of anilines is 1. The second-order valence-corrected chi connectivity index (χ2v) is 5.02. The molecule has 8 nitrogen and oxygen atoms in total. The molecule has 0 saturated carbocycles. The Kier molecular flexibility index (Phi) is 5.67. The molecule has 8 heteroatoms. The normalized spacial score (nSPS) is 10.2. The average molecular weight is 330 g/mol. The van der Waals surface area contributed by atoms with Gasteiger partial charge in [-0.1, -0.05) is 0 Å². The van der Waals surface area contributed by atoms with Crippen LogP contribution in [0.5, 0.6) is 0 Å². The predicted octanol–water partition coefficient (Wildman–Crippen LogP) is 1.36. The quantitative estimate of drug-likeness (QED) is 0.709. The van der Waals surface area contributed by atoms with Gasteiger partial charge in [-0.25, -0.2) is 0 Å². The highest BCUT2D eigenvalue weighted by Gasteiger charge is 2.10. The first-order valence-corrected chi connectivity index (χ1v) is 7.43. The lowest BCUT2D eigenvalue weighted by Crippen LogP contribution is -2.25. The molecule has 0 fully saturated rings.